The van der Waals surface area contributed by atoms with Crippen LogP contribution in [0.2, 0.25) is 0 Å². The van der Waals surface area contributed by atoms with Crippen LogP contribution in [0.25, 0.3) is 0 Å². The van der Waals surface area contributed by atoms with Crippen molar-refractivity contribution < 1.29 is 0 Å². The van der Waals surface area contributed by atoms with E-state index >= 15 is 0 Å². The molecule has 0 amide bonds. The fourth-order valence-electron chi connectivity index (χ4n) is 1.80. The molecule has 3 heteroatoms. The summed E-state index contributed by atoms with van der Waals surface area (Å²) in [5.41, 5.74) is 7.46. The molecule has 15 heavy (non-hydrogen) atoms. The Bertz CT molecular complexity index is 304. The van der Waals surface area contributed by atoms with Gasteiger partial charge >= 0.3 is 0 Å². The summed E-state index contributed by atoms with van der Waals surface area (Å²) < 4.78 is 0. The second-order valence-corrected chi connectivity index (χ2v) is 5.48. The van der Waals surface area contributed by atoms with Gasteiger partial charge in [-0.15, -0.1) is 11.3 Å². The predicted octanol–water partition coefficient (Wildman–Crippen LogP) is 2.79. The lowest BCUT2D eigenvalue weighted by molar-refractivity contribution is 0.178. The molecule has 1 aromatic heterocycles. The Morgan fingerprint density at radius 3 is 2.27 bits per heavy atom. The zero-order valence-corrected chi connectivity index (χ0v) is 11.1. The molecule has 0 aromatic carbocycles. The lowest BCUT2D eigenvalue weighted by atomic mass is 10.0. The molecular formula is C12H22N2S. The standard InChI is InChI=1S/C12H22N2S/c1-8(2)14(5)11(10(4)13)12-9(3)6-7-15-12/h6-8,10-11H,13H2,1-5H3. The van der Waals surface area contributed by atoms with Crippen LogP contribution in [0.1, 0.15) is 37.3 Å². The van der Waals surface area contributed by atoms with E-state index in [1.165, 1.54) is 10.4 Å². The van der Waals surface area contributed by atoms with Crippen molar-refractivity contribution in [2.45, 2.75) is 45.8 Å². The molecule has 0 bridgehead atoms. The maximum atomic E-state index is 6.10. The largest absolute Gasteiger partial charge is 0.326 e. The molecule has 2 atom stereocenters. The second kappa shape index (κ2) is 5.10. The van der Waals surface area contributed by atoms with Gasteiger partial charge in [0.1, 0.15) is 0 Å². The van der Waals surface area contributed by atoms with Gasteiger partial charge in [-0.05, 0) is 51.8 Å². The summed E-state index contributed by atoms with van der Waals surface area (Å²) in [7, 11) is 2.15. The first-order valence-corrected chi connectivity index (χ1v) is 6.34. The summed E-state index contributed by atoms with van der Waals surface area (Å²) in [5.74, 6) is 0. The Labute approximate surface area is 97.1 Å². The molecule has 0 saturated carbocycles. The number of nitrogens with two attached hydrogens (primary N) is 1. The monoisotopic (exact) mass is 226 g/mol. The van der Waals surface area contributed by atoms with E-state index in [0.29, 0.717) is 12.1 Å². The van der Waals surface area contributed by atoms with E-state index in [9.17, 15) is 0 Å². The van der Waals surface area contributed by atoms with Crippen LogP contribution in [-0.2, 0) is 0 Å². The first-order chi connectivity index (χ1) is 6.95. The SMILES string of the molecule is Cc1ccsc1C(C(C)N)N(C)C(C)C. The molecule has 1 rings (SSSR count). The van der Waals surface area contributed by atoms with Crippen molar-refractivity contribution in [3.63, 3.8) is 0 Å². The fraction of sp³-hybridized carbons (Fsp3) is 0.667. The third-order valence-electron chi connectivity index (χ3n) is 2.92. The van der Waals surface area contributed by atoms with Gasteiger partial charge in [0.2, 0.25) is 0 Å². The molecule has 2 nitrogen and oxygen atoms in total. The summed E-state index contributed by atoms with van der Waals surface area (Å²) in [4.78, 5) is 3.75. The Morgan fingerprint density at radius 2 is 1.93 bits per heavy atom. The third kappa shape index (κ3) is 2.80. The summed E-state index contributed by atoms with van der Waals surface area (Å²) in [6.07, 6.45) is 0. The van der Waals surface area contributed by atoms with Crippen molar-refractivity contribution in [1.82, 2.24) is 4.90 Å². The number of aryl methyl sites for hydroxylation is 1. The van der Waals surface area contributed by atoms with Crippen LogP contribution >= 0.6 is 11.3 Å². The van der Waals surface area contributed by atoms with Crippen LogP contribution in [0.15, 0.2) is 11.4 Å². The number of rotatable bonds is 4. The van der Waals surface area contributed by atoms with Gasteiger partial charge in [-0.3, -0.25) is 4.90 Å². The van der Waals surface area contributed by atoms with Gasteiger partial charge in [0.15, 0.2) is 0 Å². The van der Waals surface area contributed by atoms with Gasteiger partial charge in [-0.25, -0.2) is 0 Å². The van der Waals surface area contributed by atoms with Gasteiger partial charge in [0, 0.05) is 17.0 Å². The van der Waals surface area contributed by atoms with Crippen molar-refractivity contribution in [2.75, 3.05) is 7.05 Å². The first kappa shape index (κ1) is 12.7. The van der Waals surface area contributed by atoms with Gasteiger partial charge < -0.3 is 5.73 Å². The predicted molar refractivity (Wildman–Crippen MR) is 68.3 cm³/mol. The summed E-state index contributed by atoms with van der Waals surface area (Å²) >= 11 is 1.81. The van der Waals surface area contributed by atoms with Crippen LogP contribution in [0.3, 0.4) is 0 Å². The minimum absolute atomic E-state index is 0.162. The molecule has 2 unspecified atom stereocenters. The quantitative estimate of drug-likeness (QED) is 0.855. The minimum atomic E-state index is 0.162. The van der Waals surface area contributed by atoms with Crippen molar-refractivity contribution in [3.8, 4) is 0 Å². The maximum Gasteiger partial charge on any atom is 0.0593 e. The van der Waals surface area contributed by atoms with E-state index in [0.717, 1.165) is 0 Å². The molecule has 0 radical (unpaired) electrons. The third-order valence-corrected chi connectivity index (χ3v) is 4.01. The van der Waals surface area contributed by atoms with Crippen LogP contribution < -0.4 is 5.73 Å². The zero-order valence-electron chi connectivity index (χ0n) is 10.3. The van der Waals surface area contributed by atoms with Crippen LogP contribution in [0, 0.1) is 6.92 Å². The number of likely N-dealkylation sites (N-methyl/N-ethyl adjacent to an activating group) is 1. The molecule has 0 aliphatic carbocycles. The van der Waals surface area contributed by atoms with E-state index in [1.807, 2.05) is 11.3 Å². The van der Waals surface area contributed by atoms with E-state index < -0.39 is 0 Å². The highest BCUT2D eigenvalue weighted by Gasteiger charge is 2.25. The lowest BCUT2D eigenvalue weighted by Crippen LogP contribution is -2.40. The molecule has 0 aliphatic heterocycles. The summed E-state index contributed by atoms with van der Waals surface area (Å²) in [5, 5.41) is 2.15. The number of hydrogen-bond acceptors (Lipinski definition) is 3. The van der Waals surface area contributed by atoms with Crippen molar-refractivity contribution in [3.05, 3.63) is 21.9 Å². The number of nitrogens with zero attached hydrogens (tertiary/aromatic N) is 1. The average Bonchev–Trinajstić information content (AvgIpc) is 2.52. The van der Waals surface area contributed by atoms with Crippen LogP contribution in [-0.4, -0.2) is 24.0 Å². The molecule has 86 valence electrons. The van der Waals surface area contributed by atoms with E-state index in [2.05, 4.69) is 51.1 Å². The summed E-state index contributed by atoms with van der Waals surface area (Å²) in [6.45, 7) is 8.66. The first-order valence-electron chi connectivity index (χ1n) is 5.46. The Kier molecular flexibility index (Phi) is 4.32. The van der Waals surface area contributed by atoms with E-state index in [-0.39, 0.29) is 6.04 Å². The Hall–Kier alpha value is -0.380. The molecule has 2 N–H and O–H groups in total. The topological polar surface area (TPSA) is 29.3 Å². The second-order valence-electron chi connectivity index (χ2n) is 4.53. The van der Waals surface area contributed by atoms with E-state index in [4.69, 9.17) is 5.73 Å². The van der Waals surface area contributed by atoms with Gasteiger partial charge in [0.25, 0.3) is 0 Å². The number of hydrogen-bond donors (Lipinski definition) is 1. The van der Waals surface area contributed by atoms with Crippen molar-refractivity contribution in [1.29, 1.82) is 0 Å². The van der Waals surface area contributed by atoms with E-state index in [1.54, 1.807) is 0 Å². The molecule has 1 aromatic rings. The highest BCUT2D eigenvalue weighted by atomic mass is 32.1. The average molecular weight is 226 g/mol. The normalized spacial score (nSPS) is 16.0. The zero-order chi connectivity index (χ0) is 11.6. The van der Waals surface area contributed by atoms with Crippen LogP contribution in [0.4, 0.5) is 0 Å². The molecule has 0 aliphatic rings. The van der Waals surface area contributed by atoms with Crippen molar-refractivity contribution >= 4 is 11.3 Å². The summed E-state index contributed by atoms with van der Waals surface area (Å²) in [6, 6.07) is 3.19. The smallest absolute Gasteiger partial charge is 0.0593 e. The van der Waals surface area contributed by atoms with Crippen LogP contribution in [0.5, 0.6) is 0 Å². The highest BCUT2D eigenvalue weighted by Crippen LogP contribution is 2.30. The van der Waals surface area contributed by atoms with Gasteiger partial charge in [-0.2, -0.15) is 0 Å². The maximum absolute atomic E-state index is 6.10. The molecule has 1 heterocycles. The minimum Gasteiger partial charge on any atom is -0.326 e. The molecule has 0 spiro atoms. The molecule has 0 saturated heterocycles. The fourth-order valence-corrected chi connectivity index (χ4v) is 3.00. The van der Waals surface area contributed by atoms with Crippen molar-refractivity contribution in [2.24, 2.45) is 5.73 Å². The van der Waals surface area contributed by atoms with Gasteiger partial charge in [0.05, 0.1) is 6.04 Å². The Morgan fingerprint density at radius 1 is 1.33 bits per heavy atom. The molecule has 0 fully saturated rings. The Balaban J connectivity index is 2.98. The van der Waals surface area contributed by atoms with Gasteiger partial charge in [-0.1, -0.05) is 0 Å². The molecular weight excluding hydrogens is 204 g/mol. The number of thiophene rings is 1. The highest BCUT2D eigenvalue weighted by molar-refractivity contribution is 7.10. The lowest BCUT2D eigenvalue weighted by Gasteiger charge is -2.34.